The van der Waals surface area contributed by atoms with Gasteiger partial charge in [-0.2, -0.15) is 0 Å². The van der Waals surface area contributed by atoms with Crippen molar-refractivity contribution in [2.75, 3.05) is 0 Å². The average molecular weight is 204 g/mol. The van der Waals surface area contributed by atoms with Crippen molar-refractivity contribution < 1.29 is 9.18 Å². The molecule has 0 saturated heterocycles. The first kappa shape index (κ1) is 11.5. The summed E-state index contributed by atoms with van der Waals surface area (Å²) in [6.07, 6.45) is 0.621. The molecule has 0 heterocycles. The van der Waals surface area contributed by atoms with Gasteiger partial charge in [0.1, 0.15) is 5.82 Å². The minimum absolute atomic E-state index is 0.130. The Morgan fingerprint density at radius 3 is 2.53 bits per heavy atom. The molecule has 0 radical (unpaired) electrons. The van der Waals surface area contributed by atoms with E-state index in [1.165, 1.54) is 18.2 Å². The lowest BCUT2D eigenvalue weighted by Gasteiger charge is -2.07. The first-order valence-electron chi connectivity index (χ1n) is 4.70. The summed E-state index contributed by atoms with van der Waals surface area (Å²) < 4.78 is 12.8. The number of carbonyl (C=O) groups excluding carboxylic acids is 1. The van der Waals surface area contributed by atoms with E-state index in [-0.39, 0.29) is 5.41 Å². The Bertz CT molecular complexity index is 430. The molecule has 0 aliphatic rings. The molecule has 0 unspecified atom stereocenters. The second-order valence-electron chi connectivity index (χ2n) is 4.35. The fourth-order valence-corrected chi connectivity index (χ4v) is 1.000. The number of carbonyl (C=O) groups is 1. The molecule has 0 N–H and O–H groups in total. The molecule has 1 rings (SSSR count). The van der Waals surface area contributed by atoms with Crippen LogP contribution >= 0.6 is 0 Å². The van der Waals surface area contributed by atoms with Crippen LogP contribution in [0.3, 0.4) is 0 Å². The molecule has 1 nitrogen and oxygen atoms in total. The minimum atomic E-state index is -0.418. The molecule has 1 aromatic rings. The Kier molecular flexibility index (Phi) is 3.26. The summed E-state index contributed by atoms with van der Waals surface area (Å²) in [5.41, 5.74) is 0.738. The molecule has 0 fully saturated rings. The summed E-state index contributed by atoms with van der Waals surface area (Å²) in [5.74, 6) is 5.47. The monoisotopic (exact) mass is 204 g/mol. The fraction of sp³-hybridized carbons (Fsp3) is 0.308. The molecule has 0 atom stereocenters. The van der Waals surface area contributed by atoms with Gasteiger partial charge in [0.05, 0.1) is 0 Å². The van der Waals surface area contributed by atoms with Gasteiger partial charge in [0.25, 0.3) is 0 Å². The van der Waals surface area contributed by atoms with Crippen LogP contribution in [0.15, 0.2) is 18.2 Å². The number of halogens is 1. The van der Waals surface area contributed by atoms with Gasteiger partial charge in [-0.15, -0.1) is 0 Å². The minimum Gasteiger partial charge on any atom is -0.298 e. The van der Waals surface area contributed by atoms with Crippen LogP contribution in [0.2, 0.25) is 0 Å². The highest BCUT2D eigenvalue weighted by Crippen LogP contribution is 2.12. The van der Waals surface area contributed by atoms with Gasteiger partial charge in [-0.05, 0) is 39.0 Å². The average Bonchev–Trinajstić information content (AvgIpc) is 2.14. The van der Waals surface area contributed by atoms with Gasteiger partial charge >= 0.3 is 0 Å². The first-order chi connectivity index (χ1) is 6.92. The highest BCUT2D eigenvalue weighted by Gasteiger charge is 2.05. The van der Waals surface area contributed by atoms with Crippen molar-refractivity contribution in [1.29, 1.82) is 0 Å². The standard InChI is InChI=1S/C13H13FO/c1-13(2,3)7-6-10-4-5-12(14)8-11(10)9-15/h4-5,8-9H,1-3H3. The zero-order valence-electron chi connectivity index (χ0n) is 9.10. The van der Waals surface area contributed by atoms with Crippen LogP contribution in [-0.2, 0) is 0 Å². The van der Waals surface area contributed by atoms with E-state index in [0.717, 1.165) is 0 Å². The molecule has 0 aliphatic heterocycles. The highest BCUT2D eigenvalue weighted by molar-refractivity contribution is 5.79. The van der Waals surface area contributed by atoms with Gasteiger partial charge in [-0.1, -0.05) is 11.8 Å². The number of hydrogen-bond acceptors (Lipinski definition) is 1. The topological polar surface area (TPSA) is 17.1 Å². The lowest BCUT2D eigenvalue weighted by molar-refractivity contribution is 0.112. The molecule has 0 bridgehead atoms. The number of rotatable bonds is 1. The van der Waals surface area contributed by atoms with Crippen LogP contribution < -0.4 is 0 Å². The third kappa shape index (κ3) is 3.55. The summed E-state index contributed by atoms with van der Waals surface area (Å²) in [7, 11) is 0. The van der Waals surface area contributed by atoms with Gasteiger partial charge in [-0.3, -0.25) is 4.79 Å². The SMILES string of the molecule is CC(C)(C)C#Cc1ccc(F)cc1C=O. The quantitative estimate of drug-likeness (QED) is 0.507. The molecule has 0 amide bonds. The largest absolute Gasteiger partial charge is 0.298 e. The maximum absolute atomic E-state index is 12.8. The third-order valence-electron chi connectivity index (χ3n) is 1.71. The van der Waals surface area contributed by atoms with E-state index in [9.17, 15) is 9.18 Å². The van der Waals surface area contributed by atoms with Crippen molar-refractivity contribution in [3.05, 3.63) is 35.1 Å². The zero-order chi connectivity index (χ0) is 11.5. The van der Waals surface area contributed by atoms with E-state index >= 15 is 0 Å². The lowest BCUT2D eigenvalue weighted by Crippen LogP contribution is -2.00. The smallest absolute Gasteiger partial charge is 0.151 e. The first-order valence-corrected chi connectivity index (χ1v) is 4.70. The van der Waals surface area contributed by atoms with Crippen LogP contribution in [-0.4, -0.2) is 6.29 Å². The van der Waals surface area contributed by atoms with E-state index in [4.69, 9.17) is 0 Å². The summed E-state index contributed by atoms with van der Waals surface area (Å²) in [6, 6.07) is 4.02. The molecular formula is C13H13FO. The number of aldehydes is 1. The van der Waals surface area contributed by atoms with Gasteiger partial charge < -0.3 is 0 Å². The Balaban J connectivity index is 3.14. The van der Waals surface area contributed by atoms with Crippen LogP contribution in [0.4, 0.5) is 4.39 Å². The van der Waals surface area contributed by atoms with Crippen molar-refractivity contribution in [3.63, 3.8) is 0 Å². The van der Waals surface area contributed by atoms with Gasteiger partial charge in [-0.25, -0.2) is 4.39 Å². The molecular weight excluding hydrogens is 191 g/mol. The van der Waals surface area contributed by atoms with Crippen molar-refractivity contribution in [1.82, 2.24) is 0 Å². The molecule has 2 heteroatoms. The Morgan fingerprint density at radius 1 is 1.33 bits per heavy atom. The summed E-state index contributed by atoms with van der Waals surface area (Å²) in [5, 5.41) is 0. The van der Waals surface area contributed by atoms with Crippen LogP contribution in [0, 0.1) is 23.1 Å². The number of hydrogen-bond donors (Lipinski definition) is 0. The lowest BCUT2D eigenvalue weighted by atomic mass is 9.97. The third-order valence-corrected chi connectivity index (χ3v) is 1.71. The zero-order valence-corrected chi connectivity index (χ0v) is 9.10. The Morgan fingerprint density at radius 2 is 2.00 bits per heavy atom. The molecule has 0 saturated carbocycles. The molecule has 78 valence electrons. The molecule has 0 spiro atoms. The molecule has 15 heavy (non-hydrogen) atoms. The molecule has 1 aromatic carbocycles. The van der Waals surface area contributed by atoms with Gasteiger partial charge in [0.2, 0.25) is 0 Å². The summed E-state index contributed by atoms with van der Waals surface area (Å²) >= 11 is 0. The Hall–Kier alpha value is -1.62. The second kappa shape index (κ2) is 4.27. The summed E-state index contributed by atoms with van der Waals surface area (Å²) in [4.78, 5) is 10.7. The number of benzene rings is 1. The van der Waals surface area contributed by atoms with E-state index in [1.54, 1.807) is 0 Å². The van der Waals surface area contributed by atoms with Crippen LogP contribution in [0.1, 0.15) is 36.7 Å². The van der Waals surface area contributed by atoms with E-state index in [0.29, 0.717) is 17.4 Å². The summed E-state index contributed by atoms with van der Waals surface area (Å²) in [6.45, 7) is 5.93. The van der Waals surface area contributed by atoms with Crippen molar-refractivity contribution in [2.45, 2.75) is 20.8 Å². The molecule has 0 aromatic heterocycles. The molecule has 0 aliphatic carbocycles. The normalized spacial score (nSPS) is 10.4. The second-order valence-corrected chi connectivity index (χ2v) is 4.35. The highest BCUT2D eigenvalue weighted by atomic mass is 19.1. The fourth-order valence-electron chi connectivity index (χ4n) is 1.000. The maximum Gasteiger partial charge on any atom is 0.151 e. The predicted octanol–water partition coefficient (Wildman–Crippen LogP) is 3.04. The maximum atomic E-state index is 12.8. The van der Waals surface area contributed by atoms with Gasteiger partial charge in [0, 0.05) is 16.5 Å². The van der Waals surface area contributed by atoms with E-state index in [1.807, 2.05) is 20.8 Å². The van der Waals surface area contributed by atoms with Crippen molar-refractivity contribution in [3.8, 4) is 11.8 Å². The Labute approximate surface area is 89.3 Å². The van der Waals surface area contributed by atoms with Crippen molar-refractivity contribution >= 4 is 6.29 Å². The predicted molar refractivity (Wildman–Crippen MR) is 58.1 cm³/mol. The van der Waals surface area contributed by atoms with E-state index in [2.05, 4.69) is 11.8 Å². The van der Waals surface area contributed by atoms with E-state index < -0.39 is 5.82 Å². The van der Waals surface area contributed by atoms with Gasteiger partial charge in [0.15, 0.2) is 6.29 Å². The van der Waals surface area contributed by atoms with Crippen LogP contribution in [0.5, 0.6) is 0 Å². The van der Waals surface area contributed by atoms with Crippen LogP contribution in [0.25, 0.3) is 0 Å². The van der Waals surface area contributed by atoms with Crippen molar-refractivity contribution in [2.24, 2.45) is 5.41 Å².